The van der Waals surface area contributed by atoms with Crippen LogP contribution in [0.25, 0.3) is 0 Å². The molecule has 0 unspecified atom stereocenters. The first-order valence-corrected chi connectivity index (χ1v) is 8.72. The second-order valence-corrected chi connectivity index (χ2v) is 7.11. The fraction of sp³-hybridized carbons (Fsp3) is 0.263. The number of rotatable bonds is 2. The van der Waals surface area contributed by atoms with Gasteiger partial charge in [-0.25, -0.2) is 0 Å². The smallest absolute Gasteiger partial charge is 0.377 e. The van der Waals surface area contributed by atoms with Crippen molar-refractivity contribution in [3.8, 4) is 0 Å². The average Bonchev–Trinajstić information content (AvgIpc) is 3.09. The second-order valence-electron chi connectivity index (χ2n) is 6.71. The molecule has 0 bridgehead atoms. The Bertz CT molecular complexity index is 941. The fourth-order valence-corrected chi connectivity index (χ4v) is 4.32. The summed E-state index contributed by atoms with van der Waals surface area (Å²) in [5.74, 6) is -0.254. The molecule has 0 spiro atoms. The summed E-state index contributed by atoms with van der Waals surface area (Å²) >= 11 is 6.26. The van der Waals surface area contributed by atoms with Gasteiger partial charge < -0.3 is 5.32 Å². The Balaban J connectivity index is 1.83. The van der Waals surface area contributed by atoms with E-state index in [-0.39, 0.29) is 23.2 Å². The van der Waals surface area contributed by atoms with Crippen LogP contribution in [0, 0.1) is 16.0 Å². The Hall–Kier alpha value is -2.54. The van der Waals surface area contributed by atoms with Crippen LogP contribution in [0.2, 0.25) is 5.02 Å². The van der Waals surface area contributed by atoms with E-state index in [1.807, 2.05) is 12.2 Å². The Kier molecular flexibility index (Phi) is 4.14. The molecule has 2 aromatic carbocycles. The molecule has 0 saturated heterocycles. The maximum absolute atomic E-state index is 13.5. The number of hydrogen-bond donors (Lipinski definition) is 1. The zero-order valence-corrected chi connectivity index (χ0v) is 14.6. The number of nitro groups is 1. The molecule has 3 atom stereocenters. The van der Waals surface area contributed by atoms with Gasteiger partial charge in [-0.2, -0.15) is 13.2 Å². The number of nitrogens with one attached hydrogen (secondary N) is 1. The first-order chi connectivity index (χ1) is 12.8. The Morgan fingerprint density at radius 3 is 2.48 bits per heavy atom. The van der Waals surface area contributed by atoms with E-state index >= 15 is 0 Å². The molecule has 27 heavy (non-hydrogen) atoms. The molecule has 0 radical (unpaired) electrons. The van der Waals surface area contributed by atoms with Crippen LogP contribution >= 0.6 is 11.6 Å². The van der Waals surface area contributed by atoms with Crippen molar-refractivity contribution in [1.82, 2.24) is 0 Å². The van der Waals surface area contributed by atoms with Crippen molar-refractivity contribution in [2.45, 2.75) is 24.6 Å². The Morgan fingerprint density at radius 1 is 1.15 bits per heavy atom. The van der Waals surface area contributed by atoms with Crippen molar-refractivity contribution in [2.75, 3.05) is 5.32 Å². The van der Waals surface area contributed by atoms with Crippen molar-refractivity contribution in [1.29, 1.82) is 0 Å². The van der Waals surface area contributed by atoms with Crippen LogP contribution in [0.3, 0.4) is 0 Å². The minimum atomic E-state index is -4.52. The molecule has 2 aliphatic rings. The van der Waals surface area contributed by atoms with E-state index in [9.17, 15) is 23.3 Å². The molecule has 140 valence electrons. The van der Waals surface area contributed by atoms with E-state index in [4.69, 9.17) is 11.6 Å². The molecular formula is C19H14ClF3N2O2. The molecule has 1 N–H and O–H groups in total. The standard InChI is InChI=1S/C19H14ClF3N2O2/c20-15-9-8-14(19(21,22)23)18-16(15)12-2-1-3-13(12)17(24-18)10-4-6-11(7-5-10)25(26)27/h1-2,4-9,12-13,17,24H,3H2/t12-,13+,17+/m0/s1. The van der Waals surface area contributed by atoms with E-state index < -0.39 is 22.7 Å². The third-order valence-electron chi connectivity index (χ3n) is 5.23. The lowest BCUT2D eigenvalue weighted by Gasteiger charge is -2.39. The fourth-order valence-electron chi connectivity index (χ4n) is 4.03. The van der Waals surface area contributed by atoms with Gasteiger partial charge in [0.15, 0.2) is 0 Å². The van der Waals surface area contributed by atoms with Crippen molar-refractivity contribution in [2.24, 2.45) is 5.92 Å². The van der Waals surface area contributed by atoms with Gasteiger partial charge >= 0.3 is 6.18 Å². The summed E-state index contributed by atoms with van der Waals surface area (Å²) in [6.07, 6.45) is 0.0119. The van der Waals surface area contributed by atoms with Gasteiger partial charge in [0.1, 0.15) is 0 Å². The van der Waals surface area contributed by atoms with Crippen molar-refractivity contribution in [3.05, 3.63) is 80.4 Å². The van der Waals surface area contributed by atoms with Gasteiger partial charge in [-0.1, -0.05) is 35.9 Å². The number of nitro benzene ring substituents is 1. The third kappa shape index (κ3) is 2.96. The summed E-state index contributed by atoms with van der Waals surface area (Å²) in [6, 6.07) is 7.79. The number of allylic oxidation sites excluding steroid dienone is 2. The number of fused-ring (bicyclic) bond motifs is 3. The predicted molar refractivity (Wildman–Crippen MR) is 95.9 cm³/mol. The van der Waals surface area contributed by atoms with E-state index in [1.54, 1.807) is 12.1 Å². The largest absolute Gasteiger partial charge is 0.418 e. The predicted octanol–water partition coefficient (Wildman–Crippen LogP) is 6.09. The van der Waals surface area contributed by atoms with Crippen LogP contribution < -0.4 is 5.32 Å². The highest BCUT2D eigenvalue weighted by Crippen LogP contribution is 2.54. The van der Waals surface area contributed by atoms with Crippen LogP contribution in [0.1, 0.15) is 35.1 Å². The molecule has 4 nitrogen and oxygen atoms in total. The maximum atomic E-state index is 13.5. The number of nitrogens with zero attached hydrogens (tertiary/aromatic N) is 1. The summed E-state index contributed by atoms with van der Waals surface area (Å²) in [4.78, 5) is 10.4. The summed E-state index contributed by atoms with van der Waals surface area (Å²) in [5.41, 5.74) is 0.343. The van der Waals surface area contributed by atoms with E-state index in [0.29, 0.717) is 22.6 Å². The lowest BCUT2D eigenvalue weighted by Crippen LogP contribution is -2.31. The molecule has 1 aliphatic carbocycles. The zero-order chi connectivity index (χ0) is 19.3. The molecule has 0 saturated carbocycles. The van der Waals surface area contributed by atoms with Crippen molar-refractivity contribution >= 4 is 23.0 Å². The van der Waals surface area contributed by atoms with Gasteiger partial charge in [-0.15, -0.1) is 0 Å². The van der Waals surface area contributed by atoms with E-state index in [2.05, 4.69) is 5.32 Å². The number of alkyl halides is 3. The highest BCUT2D eigenvalue weighted by atomic mass is 35.5. The SMILES string of the molecule is O=[N+]([O-])c1ccc([C@H]2Nc3c(C(F)(F)F)ccc(Cl)c3[C@H]3C=CC[C@H]32)cc1. The average molecular weight is 395 g/mol. The van der Waals surface area contributed by atoms with Crippen molar-refractivity contribution in [3.63, 3.8) is 0 Å². The summed E-state index contributed by atoms with van der Waals surface area (Å²) in [5, 5.41) is 14.2. The summed E-state index contributed by atoms with van der Waals surface area (Å²) < 4.78 is 40.6. The number of hydrogen-bond acceptors (Lipinski definition) is 3. The van der Waals surface area contributed by atoms with E-state index in [1.165, 1.54) is 18.2 Å². The highest BCUT2D eigenvalue weighted by Gasteiger charge is 2.44. The second kappa shape index (κ2) is 6.27. The van der Waals surface area contributed by atoms with Crippen LogP contribution in [-0.4, -0.2) is 4.92 Å². The molecule has 4 rings (SSSR count). The lowest BCUT2D eigenvalue weighted by atomic mass is 9.76. The first kappa shape index (κ1) is 17.9. The summed E-state index contributed by atoms with van der Waals surface area (Å²) in [7, 11) is 0. The number of anilines is 1. The monoisotopic (exact) mass is 394 g/mol. The van der Waals surface area contributed by atoms with E-state index in [0.717, 1.165) is 6.07 Å². The number of benzene rings is 2. The minimum Gasteiger partial charge on any atom is -0.377 e. The molecule has 1 heterocycles. The van der Waals surface area contributed by atoms with Crippen LogP contribution in [0.4, 0.5) is 24.5 Å². The van der Waals surface area contributed by atoms with Gasteiger partial charge in [0, 0.05) is 28.6 Å². The van der Waals surface area contributed by atoms with Gasteiger partial charge in [0.05, 0.1) is 22.2 Å². The van der Waals surface area contributed by atoms with Gasteiger partial charge in [0.2, 0.25) is 0 Å². The van der Waals surface area contributed by atoms with Crippen LogP contribution in [0.15, 0.2) is 48.6 Å². The molecule has 0 aromatic heterocycles. The van der Waals surface area contributed by atoms with Gasteiger partial charge in [-0.05, 0) is 30.0 Å². The highest BCUT2D eigenvalue weighted by molar-refractivity contribution is 6.32. The minimum absolute atomic E-state index is 0.00819. The Morgan fingerprint density at radius 2 is 1.85 bits per heavy atom. The van der Waals surface area contributed by atoms with Crippen molar-refractivity contribution < 1.29 is 18.1 Å². The lowest BCUT2D eigenvalue weighted by molar-refractivity contribution is -0.384. The van der Waals surface area contributed by atoms with Crippen LogP contribution in [0.5, 0.6) is 0 Å². The normalized spacial score (nSPS) is 23.5. The zero-order valence-electron chi connectivity index (χ0n) is 13.8. The molecule has 1 aliphatic heterocycles. The first-order valence-electron chi connectivity index (χ1n) is 8.34. The maximum Gasteiger partial charge on any atom is 0.418 e. The number of halogens is 4. The Labute approximate surface area is 157 Å². The van der Waals surface area contributed by atoms with Gasteiger partial charge in [0.25, 0.3) is 5.69 Å². The topological polar surface area (TPSA) is 55.2 Å². The molecular weight excluding hydrogens is 381 g/mol. The summed E-state index contributed by atoms with van der Waals surface area (Å²) in [6.45, 7) is 0. The molecule has 0 amide bonds. The number of non-ortho nitro benzene ring substituents is 1. The quantitative estimate of drug-likeness (QED) is 0.380. The molecule has 2 aromatic rings. The third-order valence-corrected chi connectivity index (χ3v) is 5.56. The molecule has 0 fully saturated rings. The van der Waals surface area contributed by atoms with Gasteiger partial charge in [-0.3, -0.25) is 10.1 Å². The van der Waals surface area contributed by atoms with Crippen LogP contribution in [-0.2, 0) is 6.18 Å². The molecule has 8 heteroatoms.